The molecule has 0 aliphatic carbocycles. The van der Waals surface area contributed by atoms with Gasteiger partial charge in [0.25, 0.3) is 0 Å². The van der Waals surface area contributed by atoms with Gasteiger partial charge in [-0.1, -0.05) is 50.2 Å². The Hall–Kier alpha value is -3.83. The molecule has 2 heterocycles. The maximum Gasteiger partial charge on any atom is 0.163 e. The molecule has 31 heavy (non-hydrogen) atoms. The number of nitrogen functional groups attached to an aromatic ring is 1. The lowest BCUT2D eigenvalue weighted by Crippen LogP contribution is -2.30. The quantitative estimate of drug-likeness (QED) is 0.277. The van der Waals surface area contributed by atoms with Crippen LogP contribution in [0.15, 0.2) is 91.1 Å². The number of benzene rings is 3. The van der Waals surface area contributed by atoms with Gasteiger partial charge in [0.1, 0.15) is 0 Å². The lowest BCUT2D eigenvalue weighted by molar-refractivity contribution is 0.632. The number of hydrogen-bond donors (Lipinski definition) is 3. The Labute approximate surface area is 182 Å². The number of hydrogen-bond acceptors (Lipinski definition) is 5. The van der Waals surface area contributed by atoms with Gasteiger partial charge < -0.3 is 15.6 Å². The summed E-state index contributed by atoms with van der Waals surface area (Å²) in [5, 5.41) is 3.38. The molecule has 0 spiro atoms. The first-order valence-corrected chi connectivity index (χ1v) is 10.4. The second-order valence-corrected chi connectivity index (χ2v) is 8.21. The molecule has 1 aliphatic heterocycles. The number of pyridine rings is 1. The molecule has 0 saturated heterocycles. The number of nitrogens with one attached hydrogen (secondary N) is 2. The van der Waals surface area contributed by atoms with Crippen molar-refractivity contribution in [3.63, 3.8) is 0 Å². The number of nitrogens with zero attached hydrogens (tertiary/aromatic N) is 2. The highest BCUT2D eigenvalue weighted by molar-refractivity contribution is 5.86. The Kier molecular flexibility index (Phi) is 4.60. The van der Waals surface area contributed by atoms with Gasteiger partial charge in [0.2, 0.25) is 0 Å². The summed E-state index contributed by atoms with van der Waals surface area (Å²) in [4.78, 5) is 6.59. The third-order valence-corrected chi connectivity index (χ3v) is 5.99. The zero-order valence-corrected chi connectivity index (χ0v) is 17.6. The Morgan fingerprint density at radius 3 is 2.00 bits per heavy atom. The minimum Gasteiger partial charge on any atom is -0.352 e. The molecule has 0 bridgehead atoms. The summed E-state index contributed by atoms with van der Waals surface area (Å²) < 4.78 is 0. The van der Waals surface area contributed by atoms with Crippen molar-refractivity contribution < 1.29 is 0 Å². The number of anilines is 6. The molecule has 0 saturated carbocycles. The molecular formula is C26H25N5. The molecule has 5 heteroatoms. The molecule has 0 atom stereocenters. The van der Waals surface area contributed by atoms with Crippen LogP contribution in [0.2, 0.25) is 0 Å². The van der Waals surface area contributed by atoms with Gasteiger partial charge in [-0.2, -0.15) is 0 Å². The summed E-state index contributed by atoms with van der Waals surface area (Å²) in [5.41, 5.74) is 10.6. The number of fused-ring (bicyclic) bond motifs is 2. The normalized spacial score (nSPS) is 13.8. The topological polar surface area (TPSA) is 66.2 Å². The van der Waals surface area contributed by atoms with E-state index in [1.807, 2.05) is 12.1 Å². The highest BCUT2D eigenvalue weighted by atomic mass is 15.3. The SMILES string of the molecule is CC1(C)c2ccccc2N(c2ccc(Nc3cccnc3NN)cc2)c2ccccc21. The van der Waals surface area contributed by atoms with Crippen molar-refractivity contribution >= 4 is 34.3 Å². The standard InChI is InChI=1S/C26H25N5/c1-26(2)20-8-3-5-11-23(20)31(24-12-6-4-9-21(24)26)19-15-13-18(14-16-19)29-22-10-7-17-28-25(22)30-27/h3-17,29H,27H2,1-2H3,(H,28,30). The van der Waals surface area contributed by atoms with E-state index in [1.54, 1.807) is 6.20 Å². The summed E-state index contributed by atoms with van der Waals surface area (Å²) in [6.45, 7) is 4.60. The summed E-state index contributed by atoms with van der Waals surface area (Å²) in [7, 11) is 0. The summed E-state index contributed by atoms with van der Waals surface area (Å²) in [6, 6.07) is 29.6. The summed E-state index contributed by atoms with van der Waals surface area (Å²) in [6.07, 6.45) is 1.70. The van der Waals surface area contributed by atoms with Gasteiger partial charge in [-0.3, -0.25) is 0 Å². The minimum absolute atomic E-state index is 0.0584. The van der Waals surface area contributed by atoms with Crippen molar-refractivity contribution in [1.82, 2.24) is 4.98 Å². The Morgan fingerprint density at radius 1 is 0.774 bits per heavy atom. The van der Waals surface area contributed by atoms with Crippen molar-refractivity contribution in [3.8, 4) is 0 Å². The number of nitrogens with two attached hydrogens (primary N) is 1. The third-order valence-electron chi connectivity index (χ3n) is 5.99. The van der Waals surface area contributed by atoms with Crippen LogP contribution in [0, 0.1) is 0 Å². The largest absolute Gasteiger partial charge is 0.352 e. The number of aromatic nitrogens is 1. The van der Waals surface area contributed by atoms with E-state index >= 15 is 0 Å². The lowest BCUT2D eigenvalue weighted by Gasteiger charge is -2.42. The van der Waals surface area contributed by atoms with Crippen molar-refractivity contribution in [2.45, 2.75) is 19.3 Å². The maximum atomic E-state index is 5.58. The average molecular weight is 408 g/mol. The lowest BCUT2D eigenvalue weighted by atomic mass is 9.73. The Morgan fingerprint density at radius 2 is 1.39 bits per heavy atom. The van der Waals surface area contributed by atoms with Gasteiger partial charge in [0.05, 0.1) is 17.1 Å². The van der Waals surface area contributed by atoms with Crippen LogP contribution in [0.3, 0.4) is 0 Å². The highest BCUT2D eigenvalue weighted by Crippen LogP contribution is 2.51. The molecule has 5 rings (SSSR count). The number of rotatable bonds is 4. The molecule has 1 aromatic heterocycles. The van der Waals surface area contributed by atoms with Crippen LogP contribution < -0.4 is 21.5 Å². The molecule has 4 aromatic rings. The van der Waals surface area contributed by atoms with E-state index in [4.69, 9.17) is 5.84 Å². The van der Waals surface area contributed by atoms with E-state index in [9.17, 15) is 0 Å². The van der Waals surface area contributed by atoms with Gasteiger partial charge in [-0.25, -0.2) is 10.8 Å². The first-order chi connectivity index (χ1) is 15.1. The number of hydrazine groups is 1. The van der Waals surface area contributed by atoms with Crippen molar-refractivity contribution in [3.05, 3.63) is 102 Å². The molecule has 154 valence electrons. The molecule has 0 amide bonds. The van der Waals surface area contributed by atoms with Gasteiger partial charge in [-0.05, 0) is 59.7 Å². The van der Waals surface area contributed by atoms with Crippen LogP contribution in [-0.2, 0) is 5.41 Å². The molecule has 4 N–H and O–H groups in total. The van der Waals surface area contributed by atoms with Gasteiger partial charge in [0.15, 0.2) is 5.82 Å². The van der Waals surface area contributed by atoms with E-state index in [-0.39, 0.29) is 5.41 Å². The molecule has 0 fully saturated rings. The van der Waals surface area contributed by atoms with Crippen LogP contribution >= 0.6 is 0 Å². The third kappa shape index (κ3) is 3.20. The zero-order chi connectivity index (χ0) is 21.4. The molecule has 3 aromatic carbocycles. The summed E-state index contributed by atoms with van der Waals surface area (Å²) >= 11 is 0. The average Bonchev–Trinajstić information content (AvgIpc) is 2.81. The van der Waals surface area contributed by atoms with E-state index in [1.165, 1.54) is 22.5 Å². The molecule has 1 aliphatic rings. The van der Waals surface area contributed by atoms with E-state index < -0.39 is 0 Å². The molecule has 0 unspecified atom stereocenters. The van der Waals surface area contributed by atoms with E-state index in [2.05, 4.69) is 107 Å². The van der Waals surface area contributed by atoms with Crippen LogP contribution in [0.4, 0.5) is 34.3 Å². The van der Waals surface area contributed by atoms with Crippen molar-refractivity contribution in [2.75, 3.05) is 15.6 Å². The van der Waals surface area contributed by atoms with Gasteiger partial charge >= 0.3 is 0 Å². The molecule has 0 radical (unpaired) electrons. The fourth-order valence-corrected chi connectivity index (χ4v) is 4.42. The summed E-state index contributed by atoms with van der Waals surface area (Å²) in [5.74, 6) is 6.18. The Bertz CT molecular complexity index is 1180. The first kappa shape index (κ1) is 19.2. The van der Waals surface area contributed by atoms with Crippen molar-refractivity contribution in [1.29, 1.82) is 0 Å². The maximum absolute atomic E-state index is 5.58. The predicted octanol–water partition coefficient (Wildman–Crippen LogP) is 6.22. The fraction of sp³-hybridized carbons (Fsp3) is 0.115. The second kappa shape index (κ2) is 7.45. The van der Waals surface area contributed by atoms with E-state index in [0.717, 1.165) is 17.1 Å². The highest BCUT2D eigenvalue weighted by Gasteiger charge is 2.36. The fourth-order valence-electron chi connectivity index (χ4n) is 4.42. The van der Waals surface area contributed by atoms with Crippen LogP contribution in [0.1, 0.15) is 25.0 Å². The predicted molar refractivity (Wildman–Crippen MR) is 129 cm³/mol. The Balaban J connectivity index is 1.55. The smallest absolute Gasteiger partial charge is 0.163 e. The van der Waals surface area contributed by atoms with Crippen LogP contribution in [-0.4, -0.2) is 4.98 Å². The first-order valence-electron chi connectivity index (χ1n) is 10.4. The number of para-hydroxylation sites is 2. The zero-order valence-electron chi connectivity index (χ0n) is 17.6. The minimum atomic E-state index is -0.0584. The van der Waals surface area contributed by atoms with Crippen LogP contribution in [0.5, 0.6) is 0 Å². The molecular weight excluding hydrogens is 382 g/mol. The van der Waals surface area contributed by atoms with Crippen LogP contribution in [0.25, 0.3) is 0 Å². The van der Waals surface area contributed by atoms with Crippen molar-refractivity contribution in [2.24, 2.45) is 5.84 Å². The second-order valence-electron chi connectivity index (χ2n) is 8.21. The van der Waals surface area contributed by atoms with Gasteiger partial charge in [0, 0.05) is 23.0 Å². The monoisotopic (exact) mass is 407 g/mol. The molecule has 5 nitrogen and oxygen atoms in total. The van der Waals surface area contributed by atoms with Gasteiger partial charge in [-0.15, -0.1) is 0 Å². The van der Waals surface area contributed by atoms with E-state index in [0.29, 0.717) is 5.82 Å².